The Morgan fingerprint density at radius 2 is 1.72 bits per heavy atom. The molecular weight excluding hydrogens is 408 g/mol. The summed E-state index contributed by atoms with van der Waals surface area (Å²) in [5, 5.41) is 14.0. The third-order valence-corrected chi connectivity index (χ3v) is 6.76. The SMILES string of the molecule is CC1CCC(C(=O)N(c2nn(-c3ccccc3)cc2OC(=O)O)C2CCN(C)CC2)CC1. The molecule has 1 aromatic carbocycles. The highest BCUT2D eigenvalue weighted by Gasteiger charge is 2.37. The number of hydrogen-bond acceptors (Lipinski definition) is 5. The van der Waals surface area contributed by atoms with Gasteiger partial charge in [0.15, 0.2) is 5.75 Å². The van der Waals surface area contributed by atoms with Gasteiger partial charge in [-0.1, -0.05) is 25.1 Å². The van der Waals surface area contributed by atoms with Gasteiger partial charge in [-0.25, -0.2) is 9.48 Å². The van der Waals surface area contributed by atoms with Crippen molar-refractivity contribution in [3.63, 3.8) is 0 Å². The van der Waals surface area contributed by atoms with Crippen LogP contribution in [0.2, 0.25) is 0 Å². The first-order chi connectivity index (χ1) is 15.4. The minimum atomic E-state index is -1.42. The van der Waals surface area contributed by atoms with Crippen LogP contribution >= 0.6 is 0 Å². The highest BCUT2D eigenvalue weighted by molar-refractivity contribution is 5.96. The summed E-state index contributed by atoms with van der Waals surface area (Å²) in [6.45, 7) is 3.99. The number of benzene rings is 1. The van der Waals surface area contributed by atoms with Crippen LogP contribution < -0.4 is 9.64 Å². The van der Waals surface area contributed by atoms with Crippen LogP contribution in [0.25, 0.3) is 5.69 Å². The average Bonchev–Trinajstić information content (AvgIpc) is 3.19. The Kier molecular flexibility index (Phi) is 6.79. The van der Waals surface area contributed by atoms with Crippen LogP contribution in [-0.2, 0) is 4.79 Å². The van der Waals surface area contributed by atoms with Gasteiger partial charge >= 0.3 is 6.16 Å². The normalized spacial score (nSPS) is 22.4. The summed E-state index contributed by atoms with van der Waals surface area (Å²) in [4.78, 5) is 29.3. The molecule has 0 spiro atoms. The molecule has 0 unspecified atom stereocenters. The van der Waals surface area contributed by atoms with E-state index < -0.39 is 6.16 Å². The fraction of sp³-hybridized carbons (Fsp3) is 0.542. The van der Waals surface area contributed by atoms with Crippen molar-refractivity contribution in [3.05, 3.63) is 36.5 Å². The van der Waals surface area contributed by atoms with E-state index in [1.54, 1.807) is 15.8 Å². The number of para-hydroxylation sites is 1. The van der Waals surface area contributed by atoms with Crippen LogP contribution in [0.1, 0.15) is 45.4 Å². The molecule has 1 aliphatic heterocycles. The second kappa shape index (κ2) is 9.73. The molecule has 1 saturated heterocycles. The molecule has 0 radical (unpaired) electrons. The predicted octanol–water partition coefficient (Wildman–Crippen LogP) is 4.18. The lowest BCUT2D eigenvalue weighted by Gasteiger charge is -2.39. The second-order valence-corrected chi connectivity index (χ2v) is 9.16. The van der Waals surface area contributed by atoms with E-state index in [0.29, 0.717) is 11.7 Å². The molecule has 0 bridgehead atoms. The number of hydrogen-bond donors (Lipinski definition) is 1. The topological polar surface area (TPSA) is 87.9 Å². The summed E-state index contributed by atoms with van der Waals surface area (Å²) in [5.41, 5.74) is 0.774. The van der Waals surface area contributed by atoms with E-state index in [1.807, 2.05) is 30.3 Å². The minimum Gasteiger partial charge on any atom is -0.449 e. The Morgan fingerprint density at radius 1 is 1.06 bits per heavy atom. The molecule has 2 aliphatic rings. The minimum absolute atomic E-state index is 0.0340. The lowest BCUT2D eigenvalue weighted by Crippen LogP contribution is -2.49. The first kappa shape index (κ1) is 22.3. The van der Waals surface area contributed by atoms with Gasteiger partial charge in [-0.3, -0.25) is 9.69 Å². The van der Waals surface area contributed by atoms with E-state index in [0.717, 1.165) is 57.3 Å². The number of carbonyl (C=O) groups is 2. The molecule has 8 heteroatoms. The van der Waals surface area contributed by atoms with Gasteiger partial charge in [0.2, 0.25) is 11.7 Å². The van der Waals surface area contributed by atoms with Crippen LogP contribution in [0.3, 0.4) is 0 Å². The van der Waals surface area contributed by atoms with Crippen LogP contribution in [-0.4, -0.2) is 58.0 Å². The summed E-state index contributed by atoms with van der Waals surface area (Å²) in [6.07, 6.45) is 5.56. The predicted molar refractivity (Wildman–Crippen MR) is 121 cm³/mol. The quantitative estimate of drug-likeness (QED) is 0.702. The summed E-state index contributed by atoms with van der Waals surface area (Å²) in [5.74, 6) is 1.01. The fourth-order valence-corrected chi connectivity index (χ4v) is 4.81. The highest BCUT2D eigenvalue weighted by atomic mass is 16.7. The molecule has 1 aromatic heterocycles. The van der Waals surface area contributed by atoms with Gasteiger partial charge in [-0.2, -0.15) is 0 Å². The first-order valence-corrected chi connectivity index (χ1v) is 11.5. The number of anilines is 1. The Balaban J connectivity index is 1.72. The van der Waals surface area contributed by atoms with Crippen LogP contribution in [0, 0.1) is 11.8 Å². The summed E-state index contributed by atoms with van der Waals surface area (Å²) >= 11 is 0. The number of piperidine rings is 1. The maximum absolute atomic E-state index is 13.8. The second-order valence-electron chi connectivity index (χ2n) is 9.16. The highest BCUT2D eigenvalue weighted by Crippen LogP contribution is 2.37. The van der Waals surface area contributed by atoms with Crippen molar-refractivity contribution < 1.29 is 19.4 Å². The molecule has 4 rings (SSSR count). The number of rotatable bonds is 5. The zero-order valence-electron chi connectivity index (χ0n) is 18.8. The molecule has 0 atom stereocenters. The average molecular weight is 441 g/mol. The summed E-state index contributed by atoms with van der Waals surface area (Å²) in [7, 11) is 2.08. The Bertz CT molecular complexity index is 929. The van der Waals surface area contributed by atoms with E-state index in [4.69, 9.17) is 4.74 Å². The van der Waals surface area contributed by atoms with Gasteiger partial charge in [-0.05, 0) is 76.7 Å². The van der Waals surface area contributed by atoms with E-state index in [-0.39, 0.29) is 23.6 Å². The monoisotopic (exact) mass is 440 g/mol. The van der Waals surface area contributed by atoms with E-state index in [2.05, 4.69) is 24.0 Å². The molecule has 2 fully saturated rings. The largest absolute Gasteiger partial charge is 0.511 e. The van der Waals surface area contributed by atoms with Crippen molar-refractivity contribution in [3.8, 4) is 11.4 Å². The third kappa shape index (κ3) is 4.96. The fourth-order valence-electron chi connectivity index (χ4n) is 4.81. The third-order valence-electron chi connectivity index (χ3n) is 6.76. The van der Waals surface area contributed by atoms with Crippen molar-refractivity contribution in [2.24, 2.45) is 11.8 Å². The number of carboxylic acid groups (broad SMARTS) is 1. The Labute approximate surface area is 188 Å². The Morgan fingerprint density at radius 3 is 2.34 bits per heavy atom. The van der Waals surface area contributed by atoms with Crippen molar-refractivity contribution in [2.75, 3.05) is 25.0 Å². The van der Waals surface area contributed by atoms with E-state index >= 15 is 0 Å². The zero-order chi connectivity index (χ0) is 22.7. The zero-order valence-corrected chi connectivity index (χ0v) is 18.8. The maximum atomic E-state index is 13.8. The van der Waals surface area contributed by atoms with Gasteiger partial charge in [0, 0.05) is 12.0 Å². The number of carbonyl (C=O) groups excluding carboxylic acids is 1. The molecule has 172 valence electrons. The van der Waals surface area contributed by atoms with Gasteiger partial charge in [0.1, 0.15) is 0 Å². The molecule has 1 amide bonds. The molecule has 32 heavy (non-hydrogen) atoms. The van der Waals surface area contributed by atoms with E-state index in [1.165, 1.54) is 0 Å². The lowest BCUT2D eigenvalue weighted by molar-refractivity contribution is -0.124. The number of nitrogens with zero attached hydrogens (tertiary/aromatic N) is 4. The Hall–Kier alpha value is -2.87. The van der Waals surface area contributed by atoms with Gasteiger partial charge < -0.3 is 14.7 Å². The molecule has 2 aromatic rings. The van der Waals surface area contributed by atoms with Crippen LogP contribution in [0.15, 0.2) is 36.5 Å². The van der Waals surface area contributed by atoms with Gasteiger partial charge in [-0.15, -0.1) is 5.10 Å². The van der Waals surface area contributed by atoms with Crippen molar-refractivity contribution in [1.82, 2.24) is 14.7 Å². The molecule has 2 heterocycles. The lowest BCUT2D eigenvalue weighted by atomic mass is 9.82. The molecule has 8 nitrogen and oxygen atoms in total. The number of amides is 1. The number of aromatic nitrogens is 2. The van der Waals surface area contributed by atoms with Gasteiger partial charge in [0.25, 0.3) is 0 Å². The smallest absolute Gasteiger partial charge is 0.449 e. The van der Waals surface area contributed by atoms with Crippen molar-refractivity contribution in [2.45, 2.75) is 51.5 Å². The van der Waals surface area contributed by atoms with Crippen LogP contribution in [0.4, 0.5) is 10.6 Å². The van der Waals surface area contributed by atoms with Crippen LogP contribution in [0.5, 0.6) is 5.75 Å². The van der Waals surface area contributed by atoms with Crippen molar-refractivity contribution >= 4 is 17.9 Å². The molecule has 1 N–H and O–H groups in total. The summed E-state index contributed by atoms with van der Waals surface area (Å²) < 4.78 is 6.71. The number of likely N-dealkylation sites (tertiary alicyclic amines) is 1. The van der Waals surface area contributed by atoms with Crippen molar-refractivity contribution in [1.29, 1.82) is 0 Å². The van der Waals surface area contributed by atoms with Gasteiger partial charge in [0.05, 0.1) is 11.9 Å². The maximum Gasteiger partial charge on any atom is 0.511 e. The molecule has 1 aliphatic carbocycles. The first-order valence-electron chi connectivity index (χ1n) is 11.5. The summed E-state index contributed by atoms with van der Waals surface area (Å²) in [6, 6.07) is 9.40. The molecular formula is C24H32N4O4. The molecule has 1 saturated carbocycles. The van der Waals surface area contributed by atoms with E-state index in [9.17, 15) is 14.7 Å². The standard InChI is InChI=1S/C24H32N4O4/c1-17-8-10-18(11-9-17)23(29)28(20-12-14-26(2)15-13-20)22-21(32-24(30)31)16-27(25-22)19-6-4-3-5-7-19/h3-7,16-18,20H,8-15H2,1-2H3,(H,30,31). The number of ether oxygens (including phenoxy) is 1.